The van der Waals surface area contributed by atoms with Gasteiger partial charge in [0.25, 0.3) is 0 Å². The van der Waals surface area contributed by atoms with Gasteiger partial charge in [-0.1, -0.05) is 12.1 Å². The Morgan fingerprint density at radius 1 is 1.43 bits per heavy atom. The lowest BCUT2D eigenvalue weighted by atomic mass is 10.0. The maximum absolute atomic E-state index is 11.3. The van der Waals surface area contributed by atoms with E-state index < -0.39 is 0 Å². The predicted molar refractivity (Wildman–Crippen MR) is 92.5 cm³/mol. The van der Waals surface area contributed by atoms with Crippen molar-refractivity contribution in [2.75, 3.05) is 58.2 Å². The van der Waals surface area contributed by atoms with Gasteiger partial charge in [0.15, 0.2) is 0 Å². The van der Waals surface area contributed by atoms with Crippen LogP contribution in [0.2, 0.25) is 0 Å². The molecular weight excluding hydrogens is 292 g/mol. The standard InChI is InChI=1S/C17H28N4O2/c1-14(23)19-16-5-3-4-15(12-16)17(20(2)10-11-22)13-21-8-6-18-7-9-21/h3-5,12,17-18,22H,6-11,13H2,1-2H3,(H,19,23). The van der Waals surface area contributed by atoms with Crippen LogP contribution in [0.1, 0.15) is 18.5 Å². The second kappa shape index (κ2) is 8.98. The van der Waals surface area contributed by atoms with E-state index in [1.54, 1.807) is 0 Å². The molecule has 1 fully saturated rings. The van der Waals surface area contributed by atoms with Gasteiger partial charge in [0.1, 0.15) is 0 Å². The molecule has 128 valence electrons. The van der Waals surface area contributed by atoms with E-state index >= 15 is 0 Å². The first-order chi connectivity index (χ1) is 11.1. The van der Waals surface area contributed by atoms with Crippen molar-refractivity contribution in [2.24, 2.45) is 0 Å². The second-order valence-electron chi connectivity index (χ2n) is 6.08. The summed E-state index contributed by atoms with van der Waals surface area (Å²) in [6.45, 7) is 7.31. The Labute approximate surface area is 138 Å². The molecule has 1 aliphatic heterocycles. The van der Waals surface area contributed by atoms with E-state index in [1.165, 1.54) is 6.92 Å². The summed E-state index contributed by atoms with van der Waals surface area (Å²) in [5.41, 5.74) is 1.98. The topological polar surface area (TPSA) is 67.8 Å². The summed E-state index contributed by atoms with van der Waals surface area (Å²) in [6, 6.07) is 8.18. The Morgan fingerprint density at radius 2 is 2.17 bits per heavy atom. The minimum atomic E-state index is -0.0653. The van der Waals surface area contributed by atoms with Gasteiger partial charge in [-0.15, -0.1) is 0 Å². The zero-order chi connectivity index (χ0) is 16.7. The number of nitrogens with one attached hydrogen (secondary N) is 2. The number of anilines is 1. The number of nitrogens with zero attached hydrogens (tertiary/aromatic N) is 2. The van der Waals surface area contributed by atoms with Crippen molar-refractivity contribution in [1.29, 1.82) is 0 Å². The van der Waals surface area contributed by atoms with Crippen LogP contribution in [0, 0.1) is 0 Å². The highest BCUT2D eigenvalue weighted by atomic mass is 16.3. The maximum atomic E-state index is 11.3. The molecule has 3 N–H and O–H groups in total. The molecule has 0 bridgehead atoms. The highest BCUT2D eigenvalue weighted by Crippen LogP contribution is 2.23. The number of aliphatic hydroxyl groups is 1. The van der Waals surface area contributed by atoms with Crippen LogP contribution in [0.4, 0.5) is 5.69 Å². The zero-order valence-electron chi connectivity index (χ0n) is 14.1. The number of aliphatic hydroxyl groups excluding tert-OH is 1. The normalized spacial score (nSPS) is 17.2. The molecule has 1 aromatic rings. The molecule has 1 aliphatic rings. The van der Waals surface area contributed by atoms with Gasteiger partial charge in [0.2, 0.25) is 5.91 Å². The fourth-order valence-electron chi connectivity index (χ4n) is 2.98. The fraction of sp³-hybridized carbons (Fsp3) is 0.588. The van der Waals surface area contributed by atoms with Gasteiger partial charge in [0, 0.05) is 57.9 Å². The van der Waals surface area contributed by atoms with Crippen LogP contribution in [0.5, 0.6) is 0 Å². The van der Waals surface area contributed by atoms with Gasteiger partial charge in [-0.05, 0) is 24.7 Å². The maximum Gasteiger partial charge on any atom is 0.221 e. The number of carbonyl (C=O) groups is 1. The van der Waals surface area contributed by atoms with Gasteiger partial charge >= 0.3 is 0 Å². The van der Waals surface area contributed by atoms with E-state index in [-0.39, 0.29) is 18.6 Å². The van der Waals surface area contributed by atoms with E-state index in [1.807, 2.05) is 25.2 Å². The van der Waals surface area contributed by atoms with E-state index in [4.69, 9.17) is 0 Å². The molecule has 1 heterocycles. The van der Waals surface area contributed by atoms with E-state index in [9.17, 15) is 9.90 Å². The summed E-state index contributed by atoms with van der Waals surface area (Å²) in [7, 11) is 2.04. The van der Waals surface area contributed by atoms with Crippen LogP contribution in [-0.4, -0.2) is 73.7 Å². The molecule has 1 saturated heterocycles. The number of rotatable bonds is 7. The molecule has 0 saturated carbocycles. The monoisotopic (exact) mass is 320 g/mol. The van der Waals surface area contributed by atoms with Crippen LogP contribution in [0.15, 0.2) is 24.3 Å². The largest absolute Gasteiger partial charge is 0.395 e. The Hall–Kier alpha value is -1.47. The molecule has 0 aliphatic carbocycles. The van der Waals surface area contributed by atoms with Crippen LogP contribution in [-0.2, 0) is 4.79 Å². The Bertz CT molecular complexity index is 503. The molecule has 1 amide bonds. The van der Waals surface area contributed by atoms with Gasteiger partial charge in [-0.3, -0.25) is 14.6 Å². The summed E-state index contributed by atoms with van der Waals surface area (Å²) in [4.78, 5) is 15.9. The minimum absolute atomic E-state index is 0.0653. The first kappa shape index (κ1) is 17.9. The average Bonchev–Trinajstić information content (AvgIpc) is 2.53. The molecule has 1 aromatic carbocycles. The average molecular weight is 320 g/mol. The fourth-order valence-corrected chi connectivity index (χ4v) is 2.98. The number of benzene rings is 1. The summed E-state index contributed by atoms with van der Waals surface area (Å²) in [6.07, 6.45) is 0. The molecule has 0 spiro atoms. The number of likely N-dealkylation sites (N-methyl/N-ethyl adjacent to an activating group) is 1. The third-order valence-electron chi connectivity index (χ3n) is 4.22. The molecule has 6 nitrogen and oxygen atoms in total. The minimum Gasteiger partial charge on any atom is -0.395 e. The molecule has 1 atom stereocenters. The number of carbonyl (C=O) groups excluding carboxylic acids is 1. The van der Waals surface area contributed by atoms with Crippen molar-refractivity contribution >= 4 is 11.6 Å². The van der Waals surface area contributed by atoms with Crippen molar-refractivity contribution < 1.29 is 9.90 Å². The van der Waals surface area contributed by atoms with Crippen LogP contribution >= 0.6 is 0 Å². The SMILES string of the molecule is CC(=O)Nc1cccc(C(CN2CCNCC2)N(C)CCO)c1. The highest BCUT2D eigenvalue weighted by Gasteiger charge is 2.21. The lowest BCUT2D eigenvalue weighted by Crippen LogP contribution is -2.47. The van der Waals surface area contributed by atoms with Gasteiger partial charge in [-0.25, -0.2) is 0 Å². The number of hydrogen-bond donors (Lipinski definition) is 3. The smallest absolute Gasteiger partial charge is 0.221 e. The van der Waals surface area contributed by atoms with Crippen molar-refractivity contribution in [3.8, 4) is 0 Å². The van der Waals surface area contributed by atoms with Crippen molar-refractivity contribution in [3.05, 3.63) is 29.8 Å². The summed E-state index contributed by atoms with van der Waals surface area (Å²) in [5.74, 6) is -0.0653. The van der Waals surface area contributed by atoms with Gasteiger partial charge in [0.05, 0.1) is 6.61 Å². The summed E-state index contributed by atoms with van der Waals surface area (Å²) < 4.78 is 0. The number of piperazine rings is 1. The molecule has 1 unspecified atom stereocenters. The summed E-state index contributed by atoms with van der Waals surface area (Å²) in [5, 5.41) is 15.5. The number of amides is 1. The molecule has 6 heteroatoms. The molecule has 0 aromatic heterocycles. The van der Waals surface area contributed by atoms with Crippen LogP contribution in [0.25, 0.3) is 0 Å². The third kappa shape index (κ3) is 5.58. The lowest BCUT2D eigenvalue weighted by molar-refractivity contribution is -0.114. The van der Waals surface area contributed by atoms with Crippen molar-refractivity contribution in [1.82, 2.24) is 15.1 Å². The van der Waals surface area contributed by atoms with Crippen molar-refractivity contribution in [2.45, 2.75) is 13.0 Å². The molecule has 0 radical (unpaired) electrons. The zero-order valence-corrected chi connectivity index (χ0v) is 14.1. The van der Waals surface area contributed by atoms with E-state index in [0.29, 0.717) is 6.54 Å². The lowest BCUT2D eigenvalue weighted by Gasteiger charge is -2.35. The summed E-state index contributed by atoms with van der Waals surface area (Å²) >= 11 is 0. The predicted octanol–water partition coefficient (Wildman–Crippen LogP) is 0.515. The van der Waals surface area contributed by atoms with Crippen molar-refractivity contribution in [3.63, 3.8) is 0 Å². The van der Waals surface area contributed by atoms with E-state index in [2.05, 4.69) is 26.5 Å². The second-order valence-corrected chi connectivity index (χ2v) is 6.08. The van der Waals surface area contributed by atoms with Crippen LogP contribution in [0.3, 0.4) is 0 Å². The molecular formula is C17H28N4O2. The highest BCUT2D eigenvalue weighted by molar-refractivity contribution is 5.88. The number of hydrogen-bond acceptors (Lipinski definition) is 5. The van der Waals surface area contributed by atoms with Gasteiger partial charge < -0.3 is 15.7 Å². The Balaban J connectivity index is 2.16. The Kier molecular flexibility index (Phi) is 6.98. The van der Waals surface area contributed by atoms with Gasteiger partial charge in [-0.2, -0.15) is 0 Å². The Morgan fingerprint density at radius 3 is 2.83 bits per heavy atom. The molecule has 23 heavy (non-hydrogen) atoms. The first-order valence-electron chi connectivity index (χ1n) is 8.22. The van der Waals surface area contributed by atoms with Crippen LogP contribution < -0.4 is 10.6 Å². The first-order valence-corrected chi connectivity index (χ1v) is 8.22. The van der Waals surface area contributed by atoms with E-state index in [0.717, 1.165) is 44.0 Å². The molecule has 2 rings (SSSR count). The third-order valence-corrected chi connectivity index (χ3v) is 4.22. The quantitative estimate of drug-likeness (QED) is 0.683.